The summed E-state index contributed by atoms with van der Waals surface area (Å²) in [5.41, 5.74) is 0. The van der Waals surface area contributed by atoms with Gasteiger partial charge in [-0.05, 0) is 25.0 Å². The third-order valence-corrected chi connectivity index (χ3v) is 4.85. The van der Waals surface area contributed by atoms with Crippen molar-refractivity contribution in [2.24, 2.45) is 16.8 Å². The molecular weight excluding hydrogens is 413 g/mol. The van der Waals surface area contributed by atoms with Gasteiger partial charge in [-0.1, -0.05) is 6.92 Å². The van der Waals surface area contributed by atoms with E-state index in [9.17, 15) is 4.79 Å². The second kappa shape index (κ2) is 8.71. The summed E-state index contributed by atoms with van der Waals surface area (Å²) in [5.74, 6) is 0.922. The molecule has 2 unspecified atom stereocenters. The molecule has 5 nitrogen and oxygen atoms in total. The van der Waals surface area contributed by atoms with Gasteiger partial charge >= 0.3 is 5.97 Å². The lowest BCUT2D eigenvalue weighted by Crippen LogP contribution is -2.40. The zero-order chi connectivity index (χ0) is 15.4. The van der Waals surface area contributed by atoms with E-state index < -0.39 is 0 Å². The number of aryl methyl sites for hydroxylation is 1. The molecule has 0 radical (unpaired) electrons. The van der Waals surface area contributed by atoms with Gasteiger partial charge in [0.1, 0.15) is 0 Å². The third-order valence-electron chi connectivity index (χ3n) is 3.84. The molecule has 1 aromatic rings. The van der Waals surface area contributed by atoms with E-state index in [1.54, 1.807) is 18.4 Å². The first kappa shape index (κ1) is 19.2. The number of aliphatic imine (C=N–C) groups is 1. The van der Waals surface area contributed by atoms with Crippen LogP contribution in [0.25, 0.3) is 0 Å². The highest BCUT2D eigenvalue weighted by Gasteiger charge is 2.36. The van der Waals surface area contributed by atoms with Crippen LogP contribution in [-0.4, -0.2) is 44.1 Å². The number of nitrogens with one attached hydrogen (secondary N) is 1. The normalized spacial score (nSPS) is 21.5. The van der Waals surface area contributed by atoms with E-state index in [4.69, 9.17) is 4.74 Å². The van der Waals surface area contributed by atoms with E-state index in [1.807, 2.05) is 0 Å². The largest absolute Gasteiger partial charge is 0.469 e. The molecule has 7 heteroatoms. The first-order valence-corrected chi connectivity index (χ1v) is 7.95. The van der Waals surface area contributed by atoms with Crippen molar-refractivity contribution in [1.29, 1.82) is 0 Å². The lowest BCUT2D eigenvalue weighted by Gasteiger charge is -2.21. The average Bonchev–Trinajstić information content (AvgIpc) is 3.05. The Morgan fingerprint density at radius 3 is 2.77 bits per heavy atom. The van der Waals surface area contributed by atoms with Gasteiger partial charge in [0.25, 0.3) is 0 Å². The fourth-order valence-electron chi connectivity index (χ4n) is 2.68. The van der Waals surface area contributed by atoms with Gasteiger partial charge in [-0.3, -0.25) is 9.79 Å². The maximum absolute atomic E-state index is 11.8. The van der Waals surface area contributed by atoms with Crippen molar-refractivity contribution in [3.8, 4) is 0 Å². The first-order chi connectivity index (χ1) is 10.0. The number of rotatable bonds is 3. The highest BCUT2D eigenvalue weighted by atomic mass is 127. The van der Waals surface area contributed by atoms with Gasteiger partial charge in [0, 0.05) is 29.9 Å². The number of hydrogen-bond acceptors (Lipinski definition) is 4. The van der Waals surface area contributed by atoms with Gasteiger partial charge < -0.3 is 15.0 Å². The Morgan fingerprint density at radius 1 is 1.50 bits per heavy atom. The smallest absolute Gasteiger partial charge is 0.310 e. The molecule has 1 fully saturated rings. The van der Waals surface area contributed by atoms with Crippen LogP contribution in [0.15, 0.2) is 17.1 Å². The van der Waals surface area contributed by atoms with Crippen LogP contribution in [0, 0.1) is 18.8 Å². The quantitative estimate of drug-likeness (QED) is 0.342. The highest BCUT2D eigenvalue weighted by molar-refractivity contribution is 14.0. The second-order valence-corrected chi connectivity index (χ2v) is 6.80. The number of guanidine groups is 1. The second-order valence-electron chi connectivity index (χ2n) is 5.43. The van der Waals surface area contributed by atoms with Crippen LogP contribution >= 0.6 is 35.3 Å². The molecule has 1 aromatic heterocycles. The molecule has 1 saturated heterocycles. The maximum atomic E-state index is 11.8. The standard InChI is InChI=1S/C15H23N3O2S.HI/c1-10-8-18(9-13(10)14(19)20-4)15(16-3)17-7-12-6-5-11(2)21-12;/h5-6,10,13H,7-9H2,1-4H3,(H,16,17);1H. The van der Waals surface area contributed by atoms with Crippen molar-refractivity contribution in [2.45, 2.75) is 20.4 Å². The number of nitrogens with zero attached hydrogens (tertiary/aromatic N) is 2. The number of hydrogen-bond donors (Lipinski definition) is 1. The molecule has 0 spiro atoms. The maximum Gasteiger partial charge on any atom is 0.310 e. The number of carbonyl (C=O) groups is 1. The number of carbonyl (C=O) groups excluding carboxylic acids is 1. The fraction of sp³-hybridized carbons (Fsp3) is 0.600. The highest BCUT2D eigenvalue weighted by Crippen LogP contribution is 2.24. The van der Waals surface area contributed by atoms with Gasteiger partial charge in [0.05, 0.1) is 19.6 Å². The number of thiophene rings is 1. The van der Waals surface area contributed by atoms with Crippen molar-refractivity contribution < 1.29 is 9.53 Å². The molecule has 2 atom stereocenters. The number of esters is 1. The van der Waals surface area contributed by atoms with Crippen LogP contribution in [-0.2, 0) is 16.1 Å². The molecule has 2 heterocycles. The lowest BCUT2D eigenvalue weighted by atomic mass is 9.99. The summed E-state index contributed by atoms with van der Waals surface area (Å²) in [7, 11) is 3.22. The number of methoxy groups -OCH3 is 1. The molecule has 22 heavy (non-hydrogen) atoms. The van der Waals surface area contributed by atoms with Crippen LogP contribution in [0.4, 0.5) is 0 Å². The lowest BCUT2D eigenvalue weighted by molar-refractivity contribution is -0.145. The van der Waals surface area contributed by atoms with E-state index in [2.05, 4.69) is 41.2 Å². The Morgan fingerprint density at radius 2 is 2.23 bits per heavy atom. The van der Waals surface area contributed by atoms with Crippen molar-refractivity contribution in [2.75, 3.05) is 27.2 Å². The average molecular weight is 437 g/mol. The van der Waals surface area contributed by atoms with Crippen molar-refractivity contribution >= 4 is 47.2 Å². The molecular formula is C15H24IN3O2S. The van der Waals surface area contributed by atoms with E-state index in [0.717, 1.165) is 19.0 Å². The summed E-state index contributed by atoms with van der Waals surface area (Å²) in [4.78, 5) is 20.8. The topological polar surface area (TPSA) is 53.9 Å². The number of ether oxygens (including phenoxy) is 1. The van der Waals surface area contributed by atoms with Crippen LogP contribution in [0.3, 0.4) is 0 Å². The van der Waals surface area contributed by atoms with Crippen molar-refractivity contribution in [1.82, 2.24) is 10.2 Å². The number of likely N-dealkylation sites (tertiary alicyclic amines) is 1. The van der Waals surface area contributed by atoms with Gasteiger partial charge in [0.2, 0.25) is 0 Å². The monoisotopic (exact) mass is 437 g/mol. The SMILES string of the molecule is CN=C(NCc1ccc(C)s1)N1CC(C)C(C(=O)OC)C1.I. The third kappa shape index (κ3) is 4.58. The zero-order valence-electron chi connectivity index (χ0n) is 13.5. The van der Waals surface area contributed by atoms with E-state index in [1.165, 1.54) is 16.9 Å². The fourth-order valence-corrected chi connectivity index (χ4v) is 3.51. The Kier molecular flexibility index (Phi) is 7.61. The molecule has 1 aliphatic heterocycles. The van der Waals surface area contributed by atoms with Crippen LogP contribution in [0.2, 0.25) is 0 Å². The van der Waals surface area contributed by atoms with E-state index in [-0.39, 0.29) is 41.8 Å². The summed E-state index contributed by atoms with van der Waals surface area (Å²) in [6, 6.07) is 4.25. The molecule has 0 amide bonds. The van der Waals surface area contributed by atoms with Crippen molar-refractivity contribution in [3.05, 3.63) is 21.9 Å². The van der Waals surface area contributed by atoms with Crippen LogP contribution in [0.5, 0.6) is 0 Å². The minimum atomic E-state index is -0.130. The zero-order valence-corrected chi connectivity index (χ0v) is 16.6. The van der Waals surface area contributed by atoms with Gasteiger partial charge in [0.15, 0.2) is 5.96 Å². The Balaban J connectivity index is 0.00000242. The van der Waals surface area contributed by atoms with Gasteiger partial charge in [-0.15, -0.1) is 35.3 Å². The van der Waals surface area contributed by atoms with Gasteiger partial charge in [-0.2, -0.15) is 0 Å². The van der Waals surface area contributed by atoms with E-state index >= 15 is 0 Å². The summed E-state index contributed by atoms with van der Waals surface area (Å²) >= 11 is 1.78. The molecule has 0 aliphatic carbocycles. The van der Waals surface area contributed by atoms with E-state index in [0.29, 0.717) is 6.54 Å². The molecule has 0 bridgehead atoms. The summed E-state index contributed by atoms with van der Waals surface area (Å²) in [6.45, 7) is 6.43. The molecule has 1 aliphatic rings. The first-order valence-electron chi connectivity index (χ1n) is 7.14. The minimum Gasteiger partial charge on any atom is -0.469 e. The summed E-state index contributed by atoms with van der Waals surface area (Å²) in [5, 5.41) is 3.37. The number of halogens is 1. The Bertz CT molecular complexity index is 533. The molecule has 1 N–H and O–H groups in total. The molecule has 124 valence electrons. The minimum absolute atomic E-state index is 0. The predicted molar refractivity (Wildman–Crippen MR) is 101 cm³/mol. The molecule has 0 saturated carbocycles. The molecule has 2 rings (SSSR count). The Hall–Kier alpha value is -0.830. The van der Waals surface area contributed by atoms with Gasteiger partial charge in [-0.25, -0.2) is 0 Å². The molecule has 0 aromatic carbocycles. The van der Waals surface area contributed by atoms with Crippen molar-refractivity contribution in [3.63, 3.8) is 0 Å². The predicted octanol–water partition coefficient (Wildman–Crippen LogP) is 2.49. The Labute approximate surface area is 153 Å². The summed E-state index contributed by atoms with van der Waals surface area (Å²) in [6.07, 6.45) is 0. The summed E-state index contributed by atoms with van der Waals surface area (Å²) < 4.78 is 4.87. The van der Waals surface area contributed by atoms with Crippen LogP contribution < -0.4 is 5.32 Å². The van der Waals surface area contributed by atoms with Crippen LogP contribution in [0.1, 0.15) is 16.7 Å².